The Morgan fingerprint density at radius 1 is 0.879 bits per heavy atom. The minimum atomic E-state index is -0.760. The van der Waals surface area contributed by atoms with Crippen molar-refractivity contribution in [3.05, 3.63) is 71.7 Å². The van der Waals surface area contributed by atoms with Gasteiger partial charge in [0, 0.05) is 86.4 Å². The van der Waals surface area contributed by atoms with Crippen LogP contribution in [-0.4, -0.2) is 110 Å². The predicted molar refractivity (Wildman–Crippen MR) is 217 cm³/mol. The zero-order valence-corrected chi connectivity index (χ0v) is 33.9. The first-order valence-electron chi connectivity index (χ1n) is 20.1. The number of imide groups is 1. The molecule has 0 radical (unpaired) electrons. The number of piperidine rings is 2. The number of piperazine rings is 1. The first-order valence-corrected chi connectivity index (χ1v) is 20.1. The molecule has 1 atom stereocenters. The van der Waals surface area contributed by atoms with Crippen LogP contribution in [0.15, 0.2) is 54.9 Å². The molecule has 0 bridgehead atoms. The van der Waals surface area contributed by atoms with Crippen LogP contribution in [0.2, 0.25) is 0 Å². The number of hydrogen-bond donors (Lipinski definition) is 3. The van der Waals surface area contributed by atoms with Gasteiger partial charge in [0.25, 0.3) is 11.8 Å². The van der Waals surface area contributed by atoms with Gasteiger partial charge in [0.1, 0.15) is 41.2 Å². The van der Waals surface area contributed by atoms with Gasteiger partial charge < -0.3 is 29.9 Å². The van der Waals surface area contributed by atoms with Crippen LogP contribution in [0, 0.1) is 28.1 Å². The molecular weight excluding hydrogens is 739 g/mol. The third-order valence-electron chi connectivity index (χ3n) is 12.4. The van der Waals surface area contributed by atoms with Gasteiger partial charge in [-0.3, -0.25) is 29.4 Å². The predicted octanol–water partition coefficient (Wildman–Crippen LogP) is 3.54. The van der Waals surface area contributed by atoms with Gasteiger partial charge in [0.05, 0.1) is 25.1 Å². The number of nitrogens with zero attached hydrogens (tertiary/aromatic N) is 6. The molecule has 15 nitrogen and oxygen atoms in total. The highest BCUT2D eigenvalue weighted by molar-refractivity contribution is 6.03. The molecule has 3 aliphatic heterocycles. The summed E-state index contributed by atoms with van der Waals surface area (Å²) in [5.41, 5.74) is 1.64. The number of aromatic nitrogens is 2. The fourth-order valence-electron chi connectivity index (χ4n) is 9.37. The maximum Gasteiger partial charge on any atom is 0.272 e. The number of amides is 4. The zero-order chi connectivity index (χ0) is 41.2. The molecule has 4 heterocycles. The molecular formula is C43H53N9O6. The Morgan fingerprint density at radius 2 is 1.59 bits per heavy atom. The second-order valence-electron chi connectivity index (χ2n) is 17.0. The summed E-state index contributed by atoms with van der Waals surface area (Å²) in [6.45, 7) is 14.9. The lowest BCUT2D eigenvalue weighted by Crippen LogP contribution is -2.74. The van der Waals surface area contributed by atoms with E-state index in [1.807, 2.05) is 12.1 Å². The number of hydrogen-bond acceptors (Lipinski definition) is 12. The van der Waals surface area contributed by atoms with Crippen molar-refractivity contribution in [2.45, 2.75) is 71.6 Å². The molecule has 0 unspecified atom stereocenters. The van der Waals surface area contributed by atoms with Crippen molar-refractivity contribution >= 4 is 35.1 Å². The van der Waals surface area contributed by atoms with Gasteiger partial charge in [-0.2, -0.15) is 5.26 Å². The van der Waals surface area contributed by atoms with Gasteiger partial charge in [-0.05, 0) is 61.6 Å². The topological polar surface area (TPSA) is 182 Å². The highest BCUT2D eigenvalue weighted by Crippen LogP contribution is 2.55. The molecule has 0 spiro atoms. The maximum atomic E-state index is 13.5. The number of methoxy groups -OCH3 is 1. The molecule has 7 rings (SSSR count). The van der Waals surface area contributed by atoms with Crippen LogP contribution in [0.4, 0.5) is 11.5 Å². The number of rotatable bonds is 11. The summed E-state index contributed by atoms with van der Waals surface area (Å²) < 4.78 is 11.8. The smallest absolute Gasteiger partial charge is 0.272 e. The Hall–Kier alpha value is -5.75. The molecule has 4 amide bonds. The molecule has 3 saturated heterocycles. The highest BCUT2D eigenvalue weighted by atomic mass is 16.5. The van der Waals surface area contributed by atoms with E-state index in [0.29, 0.717) is 34.4 Å². The summed E-state index contributed by atoms with van der Waals surface area (Å²) in [5.74, 6) is 0.983. The maximum absolute atomic E-state index is 13.5. The Labute approximate surface area is 339 Å². The Bertz CT molecular complexity index is 2030. The van der Waals surface area contributed by atoms with Crippen LogP contribution < -0.4 is 35.2 Å². The van der Waals surface area contributed by atoms with Crippen molar-refractivity contribution < 1.29 is 28.7 Å². The first kappa shape index (κ1) is 40.4. The molecule has 2 aromatic carbocycles. The zero-order valence-electron chi connectivity index (χ0n) is 33.9. The van der Waals surface area contributed by atoms with Gasteiger partial charge in [-0.25, -0.2) is 9.97 Å². The summed E-state index contributed by atoms with van der Waals surface area (Å²) in [5, 5.41) is 17.5. The van der Waals surface area contributed by atoms with Crippen LogP contribution in [0.1, 0.15) is 79.8 Å². The van der Waals surface area contributed by atoms with Gasteiger partial charge in [-0.15, -0.1) is 0 Å². The summed E-state index contributed by atoms with van der Waals surface area (Å²) in [7, 11) is 1.53. The van der Waals surface area contributed by atoms with Crippen LogP contribution in [0.5, 0.6) is 11.5 Å². The van der Waals surface area contributed by atoms with Crippen LogP contribution >= 0.6 is 0 Å². The average molecular weight is 792 g/mol. The summed E-state index contributed by atoms with van der Waals surface area (Å²) in [4.78, 5) is 65.4. The normalized spacial score (nSPS) is 23.2. The first-order chi connectivity index (χ1) is 27.8. The largest absolute Gasteiger partial charge is 0.495 e. The molecule has 3 N–H and O–H groups in total. The summed E-state index contributed by atoms with van der Waals surface area (Å²) >= 11 is 0. The molecule has 1 aromatic heterocycles. The molecule has 306 valence electrons. The van der Waals surface area contributed by atoms with Crippen molar-refractivity contribution in [2.75, 3.05) is 62.7 Å². The van der Waals surface area contributed by atoms with Crippen LogP contribution in [0.25, 0.3) is 0 Å². The van der Waals surface area contributed by atoms with E-state index in [-0.39, 0.29) is 53.3 Å². The number of ether oxygens (including phenoxy) is 2. The summed E-state index contributed by atoms with van der Waals surface area (Å²) in [6.07, 6.45) is 5.50. The minimum Gasteiger partial charge on any atom is -0.495 e. The standard InChI is InChI=1S/C43H53N9O6/c1-42(2)40(43(3,4)41(42)58-31-11-8-29(23-44)34(22-31)57-5)49-37(54)28-6-9-30(10-7-28)51-16-14-27(15-17-51)26-50-18-20-52(21-19-50)35-25-45-33(24-46-35)39(56)47-32-12-13-36(53)48-38(32)55/h6-11,22,24-25,27,32,40-41H,12-21,26H2,1-5H3,(H,47,56)(H,49,54)(H,48,53,55)/t32-,40-,41-/m0/s1. The van der Waals surface area contributed by atoms with E-state index < -0.39 is 17.9 Å². The van der Waals surface area contributed by atoms with Gasteiger partial charge in [0.2, 0.25) is 11.8 Å². The van der Waals surface area contributed by atoms with E-state index in [2.05, 4.69) is 86.5 Å². The number of anilines is 2. The molecule has 1 saturated carbocycles. The van der Waals surface area contributed by atoms with Crippen LogP contribution in [-0.2, 0) is 9.59 Å². The van der Waals surface area contributed by atoms with E-state index in [1.54, 1.807) is 24.4 Å². The number of nitriles is 1. The van der Waals surface area contributed by atoms with E-state index in [9.17, 15) is 24.4 Å². The molecule has 4 fully saturated rings. The fraction of sp³-hybridized carbons (Fsp3) is 0.512. The SMILES string of the molecule is COc1cc(O[C@H]2C(C)(C)[C@H](NC(=O)c3ccc(N4CCC(CN5CCN(c6cnc(C(=O)N[C@H]7CCC(=O)NC7=O)cn6)CC5)CC4)cc3)C2(C)C)ccc1C#N. The Balaban J connectivity index is 0.835. The van der Waals surface area contributed by atoms with Crippen LogP contribution in [0.3, 0.4) is 0 Å². The number of carbonyl (C=O) groups excluding carboxylic acids is 4. The van der Waals surface area contributed by atoms with Crippen molar-refractivity contribution in [3.63, 3.8) is 0 Å². The number of carbonyl (C=O) groups is 4. The quantitative estimate of drug-likeness (QED) is 0.241. The van der Waals surface area contributed by atoms with Gasteiger partial charge in [0.15, 0.2) is 0 Å². The number of benzene rings is 2. The monoisotopic (exact) mass is 791 g/mol. The van der Waals surface area contributed by atoms with Crippen molar-refractivity contribution in [1.82, 2.24) is 30.8 Å². The third kappa shape index (κ3) is 8.43. The highest BCUT2D eigenvalue weighted by Gasteiger charge is 2.64. The number of nitrogens with one attached hydrogen (secondary N) is 3. The molecule has 4 aliphatic rings. The van der Waals surface area contributed by atoms with Crippen molar-refractivity contribution in [3.8, 4) is 17.6 Å². The molecule has 3 aromatic rings. The minimum absolute atomic E-state index is 0.103. The molecule has 15 heteroatoms. The van der Waals surface area contributed by atoms with Gasteiger partial charge >= 0.3 is 0 Å². The Morgan fingerprint density at radius 3 is 2.21 bits per heavy atom. The third-order valence-corrected chi connectivity index (χ3v) is 12.4. The lowest BCUT2D eigenvalue weighted by atomic mass is 9.49. The van der Waals surface area contributed by atoms with Gasteiger partial charge in [-0.1, -0.05) is 27.7 Å². The second-order valence-corrected chi connectivity index (χ2v) is 17.0. The second kappa shape index (κ2) is 16.6. The fourth-order valence-corrected chi connectivity index (χ4v) is 9.37. The Kier molecular flexibility index (Phi) is 11.6. The van der Waals surface area contributed by atoms with E-state index >= 15 is 0 Å². The molecule has 58 heavy (non-hydrogen) atoms. The molecule has 1 aliphatic carbocycles. The van der Waals surface area contributed by atoms with Crippen molar-refractivity contribution in [2.24, 2.45) is 16.7 Å². The summed E-state index contributed by atoms with van der Waals surface area (Å²) in [6, 6.07) is 14.4. The average Bonchev–Trinajstić information content (AvgIpc) is 3.23. The lowest BCUT2D eigenvalue weighted by Gasteiger charge is -2.63. The van der Waals surface area contributed by atoms with E-state index in [4.69, 9.17) is 9.47 Å². The van der Waals surface area contributed by atoms with Crippen molar-refractivity contribution in [1.29, 1.82) is 5.26 Å². The lowest BCUT2D eigenvalue weighted by molar-refractivity contribution is -0.164. The van der Waals surface area contributed by atoms with E-state index in [0.717, 1.165) is 64.3 Å². The van der Waals surface area contributed by atoms with E-state index in [1.165, 1.54) is 13.3 Å².